The van der Waals surface area contributed by atoms with Gasteiger partial charge in [-0.2, -0.15) is 0 Å². The van der Waals surface area contributed by atoms with Gasteiger partial charge in [0.1, 0.15) is 0 Å². The molecule has 2 N–H and O–H groups in total. The van der Waals surface area contributed by atoms with Gasteiger partial charge in [-0.1, -0.05) is 13.8 Å². The van der Waals surface area contributed by atoms with Crippen molar-refractivity contribution in [3.63, 3.8) is 0 Å². The maximum Gasteiger partial charge on any atom is 0.253 e. The van der Waals surface area contributed by atoms with Crippen molar-refractivity contribution in [2.75, 3.05) is 13.6 Å². The zero-order valence-corrected chi connectivity index (χ0v) is 13.9. The molecule has 4 nitrogen and oxygen atoms in total. The van der Waals surface area contributed by atoms with Crippen molar-refractivity contribution < 1.29 is 4.79 Å². The summed E-state index contributed by atoms with van der Waals surface area (Å²) in [5.41, 5.74) is 7.71. The molecular formula is C16H23N3OS. The minimum atomic E-state index is 0.0407. The summed E-state index contributed by atoms with van der Waals surface area (Å²) in [4.78, 5) is 18.6. The number of nitrogens with zero attached hydrogens (tertiary/aromatic N) is 2. The molecular weight excluding hydrogens is 282 g/mol. The molecule has 0 saturated heterocycles. The molecule has 0 fully saturated rings. The maximum absolute atomic E-state index is 12.4. The van der Waals surface area contributed by atoms with E-state index in [1.807, 2.05) is 32.2 Å². The minimum absolute atomic E-state index is 0.0407. The van der Waals surface area contributed by atoms with Crippen molar-refractivity contribution in [2.45, 2.75) is 33.2 Å². The van der Waals surface area contributed by atoms with E-state index in [2.05, 4.69) is 18.8 Å². The number of amides is 1. The fraction of sp³-hybridized carbons (Fsp3) is 0.500. The van der Waals surface area contributed by atoms with Crippen LogP contribution in [0.3, 0.4) is 0 Å². The Morgan fingerprint density at radius 1 is 1.43 bits per heavy atom. The number of carbonyl (C=O) groups is 1. The van der Waals surface area contributed by atoms with Crippen LogP contribution in [-0.4, -0.2) is 35.4 Å². The summed E-state index contributed by atoms with van der Waals surface area (Å²) < 4.78 is 1.06. The molecule has 2 rings (SSSR count). The number of fused-ring (bicyclic) bond motifs is 1. The average molecular weight is 305 g/mol. The van der Waals surface area contributed by atoms with Gasteiger partial charge < -0.3 is 10.6 Å². The van der Waals surface area contributed by atoms with E-state index in [-0.39, 0.29) is 11.9 Å². The Bertz CT molecular complexity index is 635. The van der Waals surface area contributed by atoms with Gasteiger partial charge in [0, 0.05) is 25.2 Å². The maximum atomic E-state index is 12.4. The third-order valence-electron chi connectivity index (χ3n) is 3.74. The Labute approximate surface area is 130 Å². The van der Waals surface area contributed by atoms with E-state index in [4.69, 9.17) is 5.73 Å². The molecule has 0 spiro atoms. The highest BCUT2D eigenvalue weighted by Gasteiger charge is 2.15. The number of rotatable bonds is 5. The van der Waals surface area contributed by atoms with Crippen molar-refractivity contribution in [3.05, 3.63) is 28.8 Å². The quantitative estimate of drug-likeness (QED) is 0.923. The van der Waals surface area contributed by atoms with Crippen LogP contribution in [0.15, 0.2) is 18.2 Å². The smallest absolute Gasteiger partial charge is 0.253 e. The lowest BCUT2D eigenvalue weighted by Gasteiger charge is -2.21. The lowest BCUT2D eigenvalue weighted by Crippen LogP contribution is -2.34. The molecule has 0 radical (unpaired) electrons. The number of aryl methyl sites for hydroxylation is 1. The molecule has 1 atom stereocenters. The van der Waals surface area contributed by atoms with Crippen molar-refractivity contribution in [2.24, 2.45) is 11.7 Å². The number of aromatic nitrogens is 1. The van der Waals surface area contributed by atoms with Crippen LogP contribution in [0.2, 0.25) is 0 Å². The standard InChI is InChI=1S/C16H23N3OS/c1-10(2)13(17)7-8-19(4)16(20)12-5-6-14-15(9-12)21-11(3)18-14/h5-6,9-10,13H,7-8,17H2,1-4H3. The summed E-state index contributed by atoms with van der Waals surface area (Å²) in [7, 11) is 1.83. The normalized spacial score (nSPS) is 12.9. The van der Waals surface area contributed by atoms with Gasteiger partial charge in [0.2, 0.25) is 0 Å². The fourth-order valence-corrected chi connectivity index (χ4v) is 3.04. The van der Waals surface area contributed by atoms with Crippen LogP contribution in [-0.2, 0) is 0 Å². The first-order valence-electron chi connectivity index (χ1n) is 7.26. The highest BCUT2D eigenvalue weighted by molar-refractivity contribution is 7.18. The van der Waals surface area contributed by atoms with E-state index in [1.54, 1.807) is 16.2 Å². The highest BCUT2D eigenvalue weighted by Crippen LogP contribution is 2.23. The van der Waals surface area contributed by atoms with E-state index in [0.717, 1.165) is 21.6 Å². The van der Waals surface area contributed by atoms with Gasteiger partial charge in [-0.15, -0.1) is 11.3 Å². The number of hydrogen-bond donors (Lipinski definition) is 1. The number of nitrogens with two attached hydrogens (primary N) is 1. The van der Waals surface area contributed by atoms with Gasteiger partial charge in [0.25, 0.3) is 5.91 Å². The molecule has 1 unspecified atom stereocenters. The number of carbonyl (C=O) groups excluding carboxylic acids is 1. The fourth-order valence-electron chi connectivity index (χ4n) is 2.17. The summed E-state index contributed by atoms with van der Waals surface area (Å²) in [5, 5.41) is 1.02. The van der Waals surface area contributed by atoms with Gasteiger partial charge in [-0.25, -0.2) is 4.98 Å². The van der Waals surface area contributed by atoms with E-state index in [0.29, 0.717) is 18.0 Å². The second-order valence-electron chi connectivity index (χ2n) is 5.84. The van der Waals surface area contributed by atoms with E-state index < -0.39 is 0 Å². The summed E-state index contributed by atoms with van der Waals surface area (Å²) in [6, 6.07) is 5.83. The molecule has 114 valence electrons. The Hall–Kier alpha value is -1.46. The molecule has 2 aromatic rings. The summed E-state index contributed by atoms with van der Waals surface area (Å²) in [5.74, 6) is 0.476. The highest BCUT2D eigenvalue weighted by atomic mass is 32.1. The average Bonchev–Trinajstić information content (AvgIpc) is 2.82. The van der Waals surface area contributed by atoms with Gasteiger partial charge in [0.15, 0.2) is 0 Å². The molecule has 1 amide bonds. The van der Waals surface area contributed by atoms with Crippen molar-refractivity contribution in [1.82, 2.24) is 9.88 Å². The van der Waals surface area contributed by atoms with Gasteiger partial charge in [-0.3, -0.25) is 4.79 Å². The monoisotopic (exact) mass is 305 g/mol. The van der Waals surface area contributed by atoms with Gasteiger partial charge >= 0.3 is 0 Å². The van der Waals surface area contributed by atoms with Gasteiger partial charge in [0.05, 0.1) is 15.2 Å². The number of hydrogen-bond acceptors (Lipinski definition) is 4. The second kappa shape index (κ2) is 6.54. The third kappa shape index (κ3) is 3.80. The van der Waals surface area contributed by atoms with Crippen molar-refractivity contribution in [1.29, 1.82) is 0 Å². The zero-order chi connectivity index (χ0) is 15.6. The Balaban J connectivity index is 2.06. The SMILES string of the molecule is Cc1nc2ccc(C(=O)N(C)CCC(N)C(C)C)cc2s1. The molecule has 5 heteroatoms. The van der Waals surface area contributed by atoms with Crippen molar-refractivity contribution in [3.8, 4) is 0 Å². The Kier molecular flexibility index (Phi) is 4.96. The molecule has 0 aliphatic rings. The van der Waals surface area contributed by atoms with Crippen LogP contribution in [0.4, 0.5) is 0 Å². The van der Waals surface area contributed by atoms with Crippen LogP contribution in [0.25, 0.3) is 10.2 Å². The zero-order valence-electron chi connectivity index (χ0n) is 13.1. The number of benzene rings is 1. The summed E-state index contributed by atoms with van der Waals surface area (Å²) in [6.45, 7) is 6.86. The van der Waals surface area contributed by atoms with E-state index in [9.17, 15) is 4.79 Å². The third-order valence-corrected chi connectivity index (χ3v) is 4.68. The molecule has 21 heavy (non-hydrogen) atoms. The molecule has 1 heterocycles. The Morgan fingerprint density at radius 2 is 2.14 bits per heavy atom. The molecule has 0 aliphatic heterocycles. The van der Waals surface area contributed by atoms with Crippen LogP contribution in [0.5, 0.6) is 0 Å². The van der Waals surface area contributed by atoms with E-state index >= 15 is 0 Å². The van der Waals surface area contributed by atoms with E-state index in [1.165, 1.54) is 0 Å². The predicted octanol–water partition coefficient (Wildman–Crippen LogP) is 3.05. The topological polar surface area (TPSA) is 59.2 Å². The van der Waals surface area contributed by atoms with Crippen molar-refractivity contribution >= 4 is 27.5 Å². The second-order valence-corrected chi connectivity index (χ2v) is 7.07. The lowest BCUT2D eigenvalue weighted by atomic mass is 10.0. The van der Waals surface area contributed by atoms with Crippen LogP contribution in [0, 0.1) is 12.8 Å². The molecule has 1 aromatic carbocycles. The lowest BCUT2D eigenvalue weighted by molar-refractivity contribution is 0.0789. The predicted molar refractivity (Wildman–Crippen MR) is 88.7 cm³/mol. The first kappa shape index (κ1) is 15.9. The summed E-state index contributed by atoms with van der Waals surface area (Å²) >= 11 is 1.62. The van der Waals surface area contributed by atoms with Crippen LogP contribution < -0.4 is 5.73 Å². The molecule has 0 aliphatic carbocycles. The Morgan fingerprint density at radius 3 is 2.81 bits per heavy atom. The molecule has 0 bridgehead atoms. The molecule has 1 aromatic heterocycles. The van der Waals surface area contributed by atoms with Crippen LogP contribution in [0.1, 0.15) is 35.6 Å². The number of thiazole rings is 1. The minimum Gasteiger partial charge on any atom is -0.342 e. The largest absolute Gasteiger partial charge is 0.342 e. The first-order chi connectivity index (χ1) is 9.88. The van der Waals surface area contributed by atoms with Crippen LogP contribution >= 0.6 is 11.3 Å². The van der Waals surface area contributed by atoms with Gasteiger partial charge in [-0.05, 0) is 37.5 Å². The molecule has 0 saturated carbocycles. The summed E-state index contributed by atoms with van der Waals surface area (Å²) in [6.07, 6.45) is 0.821. The first-order valence-corrected chi connectivity index (χ1v) is 8.08.